The van der Waals surface area contributed by atoms with Gasteiger partial charge in [0.05, 0.1) is 23.1 Å². The molecule has 1 aliphatic rings. The monoisotopic (exact) mass is 345 g/mol. The molecule has 3 heterocycles. The second kappa shape index (κ2) is 6.00. The summed E-state index contributed by atoms with van der Waals surface area (Å²) in [7, 11) is 1.29. The lowest BCUT2D eigenvalue weighted by atomic mass is 9.80. The number of hydrogen-bond acceptors (Lipinski definition) is 7. The molecule has 2 N–H and O–H groups in total. The summed E-state index contributed by atoms with van der Waals surface area (Å²) < 4.78 is 19.8. The molecule has 2 aromatic heterocycles. The Labute approximate surface area is 147 Å². The van der Waals surface area contributed by atoms with Crippen LogP contribution in [-0.4, -0.2) is 38.3 Å². The van der Waals surface area contributed by atoms with Gasteiger partial charge in [0.15, 0.2) is 11.6 Å². The van der Waals surface area contributed by atoms with Crippen molar-refractivity contribution in [2.45, 2.75) is 51.9 Å². The smallest absolute Gasteiger partial charge is 0.481 e. The molecule has 1 aliphatic heterocycles. The summed E-state index contributed by atoms with van der Waals surface area (Å²) in [6.45, 7) is 9.93. The van der Waals surface area contributed by atoms with Gasteiger partial charge in [-0.2, -0.15) is 0 Å². The van der Waals surface area contributed by atoms with Crippen molar-refractivity contribution in [1.29, 1.82) is 0 Å². The van der Waals surface area contributed by atoms with Gasteiger partial charge in [-0.3, -0.25) is 0 Å². The molecule has 25 heavy (non-hydrogen) atoms. The fourth-order valence-electron chi connectivity index (χ4n) is 2.59. The van der Waals surface area contributed by atoms with Crippen LogP contribution in [0.25, 0.3) is 0 Å². The molecule has 0 bridgehead atoms. The molecule has 3 rings (SSSR count). The van der Waals surface area contributed by atoms with Crippen LogP contribution in [0, 0.1) is 0 Å². The summed E-state index contributed by atoms with van der Waals surface area (Å²) >= 11 is 0. The predicted molar refractivity (Wildman–Crippen MR) is 94.4 cm³/mol. The molecule has 134 valence electrons. The van der Waals surface area contributed by atoms with Crippen molar-refractivity contribution >= 4 is 18.4 Å². The fraction of sp³-hybridized carbons (Fsp3) is 0.562. The predicted octanol–water partition coefficient (Wildman–Crippen LogP) is 1.23. The third-order valence-corrected chi connectivity index (χ3v) is 4.90. The van der Waals surface area contributed by atoms with E-state index >= 15 is 0 Å². The molecule has 0 saturated carbocycles. The molecular weight excluding hydrogens is 321 g/mol. The van der Waals surface area contributed by atoms with E-state index in [4.69, 9.17) is 19.8 Å². The van der Waals surface area contributed by atoms with Gasteiger partial charge in [-0.05, 0) is 40.7 Å². The van der Waals surface area contributed by atoms with Crippen molar-refractivity contribution in [3.63, 3.8) is 0 Å². The molecule has 8 nitrogen and oxygen atoms in total. The van der Waals surface area contributed by atoms with E-state index in [1.165, 1.54) is 0 Å². The Balaban J connectivity index is 1.83. The summed E-state index contributed by atoms with van der Waals surface area (Å²) in [5.74, 6) is 0.781. The first-order chi connectivity index (χ1) is 11.6. The van der Waals surface area contributed by atoms with Gasteiger partial charge in [-0.25, -0.2) is 9.67 Å². The number of nitrogen functional groups attached to an aromatic ring is 1. The van der Waals surface area contributed by atoms with Crippen LogP contribution < -0.4 is 15.9 Å². The van der Waals surface area contributed by atoms with Crippen molar-refractivity contribution in [2.75, 3.05) is 5.73 Å². The van der Waals surface area contributed by atoms with Crippen LogP contribution in [0.2, 0.25) is 0 Å². The summed E-state index contributed by atoms with van der Waals surface area (Å²) in [5.41, 5.74) is 6.73. The zero-order chi connectivity index (χ0) is 18.4. The van der Waals surface area contributed by atoms with Crippen LogP contribution in [-0.2, 0) is 16.4 Å². The first kappa shape index (κ1) is 17.7. The third kappa shape index (κ3) is 3.21. The number of ether oxygens (including phenoxy) is 1. The van der Waals surface area contributed by atoms with E-state index in [2.05, 4.69) is 15.3 Å². The Bertz CT molecular complexity index is 761. The number of aryl methyl sites for hydroxylation is 1. The second-order valence-electron chi connectivity index (χ2n) is 7.28. The molecule has 1 saturated heterocycles. The molecule has 1 atom stereocenters. The Morgan fingerprint density at radius 3 is 2.40 bits per heavy atom. The van der Waals surface area contributed by atoms with Gasteiger partial charge < -0.3 is 19.8 Å². The summed E-state index contributed by atoms with van der Waals surface area (Å²) in [5, 5.41) is 7.78. The minimum absolute atomic E-state index is 0.280. The molecule has 1 fully saturated rings. The van der Waals surface area contributed by atoms with Gasteiger partial charge in [0.25, 0.3) is 0 Å². The number of nitrogens with two attached hydrogens (primary N) is 1. The molecular formula is C16H24BN5O3. The number of pyridine rings is 1. The normalized spacial score (nSPS) is 19.8. The molecule has 9 heteroatoms. The fourth-order valence-corrected chi connectivity index (χ4v) is 2.59. The van der Waals surface area contributed by atoms with Gasteiger partial charge in [-0.15, -0.1) is 5.10 Å². The lowest BCUT2D eigenvalue weighted by molar-refractivity contribution is 0.00578. The maximum Gasteiger partial charge on any atom is 0.496 e. The van der Waals surface area contributed by atoms with Gasteiger partial charge in [-0.1, -0.05) is 5.21 Å². The lowest BCUT2D eigenvalue weighted by Gasteiger charge is -2.32. The lowest BCUT2D eigenvalue weighted by Crippen LogP contribution is -2.41. The zero-order valence-electron chi connectivity index (χ0n) is 15.5. The molecule has 0 amide bonds. The maximum absolute atomic E-state index is 6.06. The largest absolute Gasteiger partial charge is 0.496 e. The minimum atomic E-state index is -0.519. The summed E-state index contributed by atoms with van der Waals surface area (Å²) in [4.78, 5) is 4.23. The topological polar surface area (TPSA) is 97.3 Å². The number of hydrogen-bond donors (Lipinski definition) is 1. The third-order valence-electron chi connectivity index (χ3n) is 4.90. The molecule has 2 aromatic rings. The summed E-state index contributed by atoms with van der Waals surface area (Å²) in [6.07, 6.45) is 3.03. The minimum Gasteiger partial charge on any atom is -0.481 e. The maximum atomic E-state index is 6.06. The van der Waals surface area contributed by atoms with Crippen LogP contribution in [0.5, 0.6) is 5.75 Å². The quantitative estimate of drug-likeness (QED) is 0.833. The second-order valence-corrected chi connectivity index (χ2v) is 7.28. The van der Waals surface area contributed by atoms with E-state index in [-0.39, 0.29) is 6.10 Å². The van der Waals surface area contributed by atoms with Crippen LogP contribution in [0.3, 0.4) is 0 Å². The molecule has 0 radical (unpaired) electrons. The van der Waals surface area contributed by atoms with Gasteiger partial charge in [0.1, 0.15) is 6.10 Å². The number of anilines is 1. The van der Waals surface area contributed by atoms with Crippen LogP contribution in [0.15, 0.2) is 18.5 Å². The molecule has 1 unspecified atom stereocenters. The van der Waals surface area contributed by atoms with E-state index in [1.54, 1.807) is 17.1 Å². The Kier molecular flexibility index (Phi) is 4.24. The van der Waals surface area contributed by atoms with E-state index in [9.17, 15) is 0 Å². The average Bonchev–Trinajstić information content (AvgIpc) is 3.02. The van der Waals surface area contributed by atoms with Gasteiger partial charge >= 0.3 is 7.12 Å². The van der Waals surface area contributed by atoms with Crippen molar-refractivity contribution in [3.05, 3.63) is 24.2 Å². The van der Waals surface area contributed by atoms with E-state index < -0.39 is 18.3 Å². The van der Waals surface area contributed by atoms with Crippen LogP contribution in [0.1, 0.15) is 46.4 Å². The SMILES string of the molecule is CC(Oc1cc(B2OC(C)(C)C(C)(C)O2)cnc1N)c1cnnn1C. The first-order valence-electron chi connectivity index (χ1n) is 8.23. The highest BCUT2D eigenvalue weighted by Gasteiger charge is 2.52. The zero-order valence-corrected chi connectivity index (χ0v) is 15.5. The van der Waals surface area contributed by atoms with Crippen LogP contribution >= 0.6 is 0 Å². The first-order valence-corrected chi connectivity index (χ1v) is 8.23. The highest BCUT2D eigenvalue weighted by atomic mass is 16.7. The number of rotatable bonds is 4. The van der Waals surface area contributed by atoms with Gasteiger partial charge in [0, 0.05) is 18.7 Å². The summed E-state index contributed by atoms with van der Waals surface area (Å²) in [6, 6.07) is 1.81. The number of nitrogens with zero attached hydrogens (tertiary/aromatic N) is 4. The standard InChI is InChI=1S/C16H24BN5O3/c1-10(12-9-20-21-22(12)6)23-13-7-11(8-19-14(13)18)17-24-15(2,3)16(4,5)25-17/h7-10H,1-6H3,(H2,18,19). The van der Waals surface area contributed by atoms with E-state index in [0.29, 0.717) is 11.6 Å². The highest BCUT2D eigenvalue weighted by molar-refractivity contribution is 6.62. The van der Waals surface area contributed by atoms with Crippen molar-refractivity contribution in [1.82, 2.24) is 20.0 Å². The number of aromatic nitrogens is 4. The molecule has 0 spiro atoms. The molecule has 0 aliphatic carbocycles. The van der Waals surface area contributed by atoms with Crippen LogP contribution in [0.4, 0.5) is 5.82 Å². The van der Waals surface area contributed by atoms with Gasteiger partial charge in [0.2, 0.25) is 0 Å². The average molecular weight is 345 g/mol. The molecule has 0 aromatic carbocycles. The Morgan fingerprint density at radius 1 is 1.20 bits per heavy atom. The highest BCUT2D eigenvalue weighted by Crippen LogP contribution is 2.37. The van der Waals surface area contributed by atoms with Crippen molar-refractivity contribution < 1.29 is 14.0 Å². The Morgan fingerprint density at radius 2 is 1.84 bits per heavy atom. The van der Waals surface area contributed by atoms with E-state index in [0.717, 1.165) is 11.2 Å². The van der Waals surface area contributed by atoms with Crippen molar-refractivity contribution in [2.24, 2.45) is 7.05 Å². The van der Waals surface area contributed by atoms with E-state index in [1.807, 2.05) is 47.7 Å². The van der Waals surface area contributed by atoms with Crippen molar-refractivity contribution in [3.8, 4) is 5.75 Å². The Hall–Kier alpha value is -2.13.